The van der Waals surface area contributed by atoms with Gasteiger partial charge in [0.15, 0.2) is 11.2 Å². The van der Waals surface area contributed by atoms with Crippen molar-refractivity contribution in [3.63, 3.8) is 0 Å². The molecule has 1 heterocycles. The van der Waals surface area contributed by atoms with Gasteiger partial charge in [-0.15, -0.1) is 0 Å². The zero-order chi connectivity index (χ0) is 14.2. The Kier molecular flexibility index (Phi) is 2.97. The van der Waals surface area contributed by atoms with Crippen molar-refractivity contribution in [2.75, 3.05) is 14.2 Å². The summed E-state index contributed by atoms with van der Waals surface area (Å²) in [7, 11) is 3.06. The summed E-state index contributed by atoms with van der Waals surface area (Å²) >= 11 is 0. The largest absolute Gasteiger partial charge is 0.437 e. The molecule has 1 aromatic heterocycles. The van der Waals surface area contributed by atoms with Gasteiger partial charge in [0.2, 0.25) is 11.7 Å². The monoisotopic (exact) mass is 273 g/mol. The van der Waals surface area contributed by atoms with E-state index >= 15 is 0 Å². The number of para-hydroxylation sites is 2. The van der Waals surface area contributed by atoms with Crippen molar-refractivity contribution in [2.45, 2.75) is 11.4 Å². The molecule has 1 aliphatic carbocycles. The molecule has 1 aromatic carbocycles. The second-order valence-electron chi connectivity index (χ2n) is 4.61. The fourth-order valence-corrected chi connectivity index (χ4v) is 2.14. The number of nitrogens with zero attached hydrogens (tertiary/aromatic N) is 1. The molecule has 0 fully saturated rings. The van der Waals surface area contributed by atoms with Gasteiger partial charge >= 0.3 is 0 Å². The number of hydrogen-bond acceptors (Lipinski definition) is 5. The Balaban J connectivity index is 2.00. The maximum absolute atomic E-state index is 10.6. The van der Waals surface area contributed by atoms with Crippen molar-refractivity contribution in [1.29, 1.82) is 0 Å². The highest BCUT2D eigenvalue weighted by atomic mass is 16.7. The molecule has 0 unspecified atom stereocenters. The van der Waals surface area contributed by atoms with E-state index in [1.54, 1.807) is 30.4 Å². The van der Waals surface area contributed by atoms with E-state index in [9.17, 15) is 5.11 Å². The third-order valence-corrected chi connectivity index (χ3v) is 3.41. The van der Waals surface area contributed by atoms with E-state index in [4.69, 9.17) is 13.9 Å². The first-order valence-corrected chi connectivity index (χ1v) is 6.20. The number of methoxy groups -OCH3 is 2. The number of fused-ring (bicyclic) bond motifs is 1. The Hall–Kier alpha value is -1.95. The lowest BCUT2D eigenvalue weighted by Crippen LogP contribution is -2.35. The van der Waals surface area contributed by atoms with Gasteiger partial charge < -0.3 is 19.0 Å². The molecule has 0 radical (unpaired) electrons. The molecule has 20 heavy (non-hydrogen) atoms. The van der Waals surface area contributed by atoms with E-state index in [-0.39, 0.29) is 5.89 Å². The molecule has 0 aliphatic heterocycles. The zero-order valence-corrected chi connectivity index (χ0v) is 11.2. The van der Waals surface area contributed by atoms with Crippen LogP contribution in [0.5, 0.6) is 0 Å². The van der Waals surface area contributed by atoms with Crippen LogP contribution >= 0.6 is 0 Å². The van der Waals surface area contributed by atoms with Crippen LogP contribution in [0, 0.1) is 0 Å². The first-order valence-electron chi connectivity index (χ1n) is 6.20. The van der Waals surface area contributed by atoms with Gasteiger partial charge in [-0.2, -0.15) is 0 Å². The van der Waals surface area contributed by atoms with Crippen LogP contribution < -0.4 is 0 Å². The molecule has 1 aliphatic rings. The van der Waals surface area contributed by atoms with Gasteiger partial charge in [0.05, 0.1) is 0 Å². The summed E-state index contributed by atoms with van der Waals surface area (Å²) < 4.78 is 16.1. The van der Waals surface area contributed by atoms with Crippen molar-refractivity contribution in [3.05, 3.63) is 54.5 Å². The van der Waals surface area contributed by atoms with Gasteiger partial charge in [-0.1, -0.05) is 12.1 Å². The Morgan fingerprint density at radius 2 is 1.70 bits per heavy atom. The van der Waals surface area contributed by atoms with Crippen LogP contribution in [0.3, 0.4) is 0 Å². The second kappa shape index (κ2) is 4.56. The molecule has 0 bridgehead atoms. The van der Waals surface area contributed by atoms with Gasteiger partial charge in [-0.25, -0.2) is 4.98 Å². The third kappa shape index (κ3) is 1.96. The highest BCUT2D eigenvalue weighted by Gasteiger charge is 2.37. The van der Waals surface area contributed by atoms with Crippen LogP contribution in [0.1, 0.15) is 5.89 Å². The predicted octanol–water partition coefficient (Wildman–Crippen LogP) is 2.13. The van der Waals surface area contributed by atoms with E-state index < -0.39 is 11.4 Å². The average molecular weight is 273 g/mol. The fourth-order valence-electron chi connectivity index (χ4n) is 2.14. The second-order valence-corrected chi connectivity index (χ2v) is 4.61. The normalized spacial score (nSPS) is 19.6. The van der Waals surface area contributed by atoms with Crippen LogP contribution in [0.4, 0.5) is 0 Å². The SMILES string of the molecule is COC1(OC)C=CC(O)(c2nc3ccccc3o2)C=C1. The summed E-state index contributed by atoms with van der Waals surface area (Å²) in [6.45, 7) is 0. The summed E-state index contributed by atoms with van der Waals surface area (Å²) in [6.07, 6.45) is 6.35. The number of oxazole rings is 1. The van der Waals surface area contributed by atoms with E-state index in [0.29, 0.717) is 11.1 Å². The maximum Gasteiger partial charge on any atom is 0.235 e. The lowest BCUT2D eigenvalue weighted by molar-refractivity contribution is -0.136. The summed E-state index contributed by atoms with van der Waals surface area (Å²) in [6, 6.07) is 7.36. The number of aromatic nitrogens is 1. The fraction of sp³-hybridized carbons (Fsp3) is 0.267. The van der Waals surface area contributed by atoms with Crippen LogP contribution in [0.2, 0.25) is 0 Å². The lowest BCUT2D eigenvalue weighted by Gasteiger charge is -2.30. The summed E-state index contributed by atoms with van der Waals surface area (Å²) in [5.74, 6) is -0.745. The van der Waals surface area contributed by atoms with Crippen LogP contribution in [-0.2, 0) is 15.1 Å². The summed E-state index contributed by atoms with van der Waals surface area (Å²) in [5, 5.41) is 10.6. The molecule has 0 atom stereocenters. The predicted molar refractivity (Wildman–Crippen MR) is 72.9 cm³/mol. The molecule has 3 rings (SSSR count). The van der Waals surface area contributed by atoms with E-state index in [2.05, 4.69) is 4.98 Å². The van der Waals surface area contributed by atoms with Gasteiger partial charge in [-0.05, 0) is 36.4 Å². The maximum atomic E-state index is 10.6. The molecule has 0 spiro atoms. The molecule has 5 nitrogen and oxygen atoms in total. The Labute approximate surface area is 116 Å². The van der Waals surface area contributed by atoms with E-state index in [1.165, 1.54) is 14.2 Å². The number of aliphatic hydroxyl groups is 1. The third-order valence-electron chi connectivity index (χ3n) is 3.41. The quantitative estimate of drug-likeness (QED) is 0.685. The lowest BCUT2D eigenvalue weighted by atomic mass is 9.95. The number of hydrogen-bond donors (Lipinski definition) is 1. The minimum atomic E-state index is -1.40. The molecule has 0 saturated carbocycles. The first-order chi connectivity index (χ1) is 9.61. The van der Waals surface area contributed by atoms with Crippen molar-refractivity contribution in [3.8, 4) is 0 Å². The standard InChI is InChI=1S/C15H15NO4/c1-18-15(19-2)9-7-14(17,8-10-15)13-16-11-5-3-4-6-12(11)20-13/h3-10,17H,1-2H3. The summed E-state index contributed by atoms with van der Waals surface area (Å²) in [5.41, 5.74) is -0.0689. The molecule has 1 N–H and O–H groups in total. The zero-order valence-electron chi connectivity index (χ0n) is 11.2. The topological polar surface area (TPSA) is 64.7 Å². The van der Waals surface area contributed by atoms with Crippen molar-refractivity contribution < 1.29 is 19.0 Å². The molecule has 0 amide bonds. The van der Waals surface area contributed by atoms with Gasteiger partial charge in [0, 0.05) is 14.2 Å². The molecular formula is C15H15NO4. The minimum absolute atomic E-state index is 0.215. The highest BCUT2D eigenvalue weighted by Crippen LogP contribution is 2.33. The molecule has 2 aromatic rings. The Bertz CT molecular complexity index is 633. The van der Waals surface area contributed by atoms with Crippen molar-refractivity contribution >= 4 is 11.1 Å². The van der Waals surface area contributed by atoms with E-state index in [0.717, 1.165) is 0 Å². The van der Waals surface area contributed by atoms with Crippen LogP contribution in [-0.4, -0.2) is 30.1 Å². The van der Waals surface area contributed by atoms with Crippen LogP contribution in [0.15, 0.2) is 53.0 Å². The molecule has 5 heteroatoms. The number of ether oxygens (including phenoxy) is 2. The Morgan fingerprint density at radius 1 is 1.05 bits per heavy atom. The molecular weight excluding hydrogens is 258 g/mol. The minimum Gasteiger partial charge on any atom is -0.437 e. The Morgan fingerprint density at radius 3 is 2.30 bits per heavy atom. The molecule has 104 valence electrons. The van der Waals surface area contributed by atoms with Gasteiger partial charge in [0.25, 0.3) is 0 Å². The number of benzene rings is 1. The van der Waals surface area contributed by atoms with Gasteiger partial charge in [0.1, 0.15) is 5.52 Å². The van der Waals surface area contributed by atoms with Crippen LogP contribution in [0.25, 0.3) is 11.1 Å². The van der Waals surface area contributed by atoms with Crippen molar-refractivity contribution in [2.24, 2.45) is 0 Å². The molecule has 0 saturated heterocycles. The number of rotatable bonds is 3. The van der Waals surface area contributed by atoms with E-state index in [1.807, 2.05) is 18.2 Å². The van der Waals surface area contributed by atoms with Gasteiger partial charge in [-0.3, -0.25) is 0 Å². The smallest absolute Gasteiger partial charge is 0.235 e. The first kappa shape index (κ1) is 13.1. The van der Waals surface area contributed by atoms with Crippen molar-refractivity contribution in [1.82, 2.24) is 4.98 Å². The highest BCUT2D eigenvalue weighted by molar-refractivity contribution is 5.72. The summed E-state index contributed by atoms with van der Waals surface area (Å²) in [4.78, 5) is 4.31. The average Bonchev–Trinajstić information content (AvgIpc) is 2.93.